The second-order valence-electron chi connectivity index (χ2n) is 3.97. The molecular formula is C14H10BrClF2. The van der Waals surface area contributed by atoms with Gasteiger partial charge in [0.05, 0.1) is 0 Å². The first kappa shape index (κ1) is 13.5. The second-order valence-corrected chi connectivity index (χ2v) is 5.48. The van der Waals surface area contributed by atoms with Crippen molar-refractivity contribution in [3.05, 3.63) is 70.2 Å². The Bertz CT molecular complexity index is 557. The summed E-state index contributed by atoms with van der Waals surface area (Å²) < 4.78 is 26.0. The van der Waals surface area contributed by atoms with E-state index in [1.165, 1.54) is 24.3 Å². The summed E-state index contributed by atoms with van der Waals surface area (Å²) in [6.07, 6.45) is 0.586. The van der Waals surface area contributed by atoms with Crippen molar-refractivity contribution in [3.8, 4) is 0 Å². The van der Waals surface area contributed by atoms with Crippen molar-refractivity contribution in [2.75, 3.05) is 0 Å². The molecule has 0 saturated heterocycles. The van der Waals surface area contributed by atoms with Crippen molar-refractivity contribution in [1.82, 2.24) is 0 Å². The van der Waals surface area contributed by atoms with Crippen LogP contribution in [0.1, 0.15) is 16.0 Å². The van der Waals surface area contributed by atoms with Crippen LogP contribution in [0.2, 0.25) is 5.02 Å². The predicted octanol–water partition coefficient (Wildman–Crippen LogP) is 5.30. The monoisotopic (exact) mass is 330 g/mol. The highest BCUT2D eigenvalue weighted by Crippen LogP contribution is 2.32. The molecule has 0 aliphatic carbocycles. The third-order valence-electron chi connectivity index (χ3n) is 2.60. The van der Waals surface area contributed by atoms with E-state index in [0.717, 1.165) is 11.1 Å². The third kappa shape index (κ3) is 3.30. The summed E-state index contributed by atoms with van der Waals surface area (Å²) in [6, 6.07) is 10.7. The molecule has 0 amide bonds. The van der Waals surface area contributed by atoms with Crippen LogP contribution in [0.4, 0.5) is 8.78 Å². The lowest BCUT2D eigenvalue weighted by Gasteiger charge is -2.12. The molecule has 18 heavy (non-hydrogen) atoms. The Morgan fingerprint density at radius 3 is 2.44 bits per heavy atom. The minimum atomic E-state index is -0.366. The summed E-state index contributed by atoms with van der Waals surface area (Å²) in [5, 5.41) is 0.369. The third-order valence-corrected chi connectivity index (χ3v) is 3.75. The predicted molar refractivity (Wildman–Crippen MR) is 73.2 cm³/mol. The van der Waals surface area contributed by atoms with Crippen molar-refractivity contribution in [2.45, 2.75) is 11.2 Å². The van der Waals surface area contributed by atoms with Crippen LogP contribution in [0.25, 0.3) is 0 Å². The quantitative estimate of drug-likeness (QED) is 0.670. The van der Waals surface area contributed by atoms with Crippen LogP contribution in [0.15, 0.2) is 42.5 Å². The zero-order chi connectivity index (χ0) is 13.1. The molecule has 0 saturated carbocycles. The summed E-state index contributed by atoms with van der Waals surface area (Å²) in [7, 11) is 0. The minimum absolute atomic E-state index is 0.0765. The second kappa shape index (κ2) is 5.81. The smallest absolute Gasteiger partial charge is 0.124 e. The Morgan fingerprint density at radius 1 is 1.06 bits per heavy atom. The Kier molecular flexibility index (Phi) is 4.36. The van der Waals surface area contributed by atoms with Crippen LogP contribution < -0.4 is 0 Å². The van der Waals surface area contributed by atoms with E-state index in [1.54, 1.807) is 12.1 Å². The first-order valence-electron chi connectivity index (χ1n) is 5.40. The maximum absolute atomic E-state index is 13.1. The van der Waals surface area contributed by atoms with Gasteiger partial charge in [-0.25, -0.2) is 8.78 Å². The highest BCUT2D eigenvalue weighted by molar-refractivity contribution is 9.09. The highest BCUT2D eigenvalue weighted by Gasteiger charge is 2.13. The van der Waals surface area contributed by atoms with Crippen molar-refractivity contribution < 1.29 is 8.78 Å². The van der Waals surface area contributed by atoms with Crippen LogP contribution in [-0.2, 0) is 6.42 Å². The number of hydrogen-bond donors (Lipinski definition) is 0. The van der Waals surface area contributed by atoms with Gasteiger partial charge >= 0.3 is 0 Å². The van der Waals surface area contributed by atoms with Gasteiger partial charge < -0.3 is 0 Å². The summed E-state index contributed by atoms with van der Waals surface area (Å²) in [4.78, 5) is -0.0765. The normalized spacial score (nSPS) is 12.4. The van der Waals surface area contributed by atoms with Gasteiger partial charge in [0.25, 0.3) is 0 Å². The molecule has 0 aliphatic heterocycles. The average molecular weight is 332 g/mol. The van der Waals surface area contributed by atoms with Gasteiger partial charge in [0.2, 0.25) is 0 Å². The Morgan fingerprint density at radius 2 is 1.78 bits per heavy atom. The number of alkyl halides is 1. The Hall–Kier alpha value is -0.930. The van der Waals surface area contributed by atoms with E-state index in [9.17, 15) is 8.78 Å². The van der Waals surface area contributed by atoms with Crippen LogP contribution in [0.5, 0.6) is 0 Å². The summed E-state index contributed by atoms with van der Waals surface area (Å²) >= 11 is 9.47. The summed E-state index contributed by atoms with van der Waals surface area (Å²) in [6.45, 7) is 0. The first-order valence-corrected chi connectivity index (χ1v) is 6.69. The van der Waals surface area contributed by atoms with E-state index in [0.29, 0.717) is 11.4 Å². The molecule has 4 heteroatoms. The zero-order valence-corrected chi connectivity index (χ0v) is 11.7. The molecule has 2 rings (SSSR count). The number of benzene rings is 2. The van der Waals surface area contributed by atoms with Gasteiger partial charge in [0, 0.05) is 9.85 Å². The van der Waals surface area contributed by atoms with Gasteiger partial charge in [0.15, 0.2) is 0 Å². The number of halogens is 4. The van der Waals surface area contributed by atoms with E-state index in [4.69, 9.17) is 11.6 Å². The molecule has 2 aromatic carbocycles. The molecule has 94 valence electrons. The molecule has 2 aromatic rings. The molecule has 1 unspecified atom stereocenters. The number of hydrogen-bond acceptors (Lipinski definition) is 0. The van der Waals surface area contributed by atoms with Gasteiger partial charge in [-0.05, 0) is 41.8 Å². The molecule has 0 radical (unpaired) electrons. The van der Waals surface area contributed by atoms with Gasteiger partial charge in [-0.15, -0.1) is 0 Å². The fourth-order valence-corrected chi connectivity index (χ4v) is 2.94. The van der Waals surface area contributed by atoms with Crippen molar-refractivity contribution in [2.24, 2.45) is 0 Å². The van der Waals surface area contributed by atoms with Crippen LogP contribution in [0.3, 0.4) is 0 Å². The molecule has 1 atom stereocenters. The van der Waals surface area contributed by atoms with Crippen molar-refractivity contribution in [3.63, 3.8) is 0 Å². The largest absolute Gasteiger partial charge is 0.207 e. The van der Waals surface area contributed by atoms with Gasteiger partial charge in [0.1, 0.15) is 11.6 Å². The van der Waals surface area contributed by atoms with Gasteiger partial charge in [-0.1, -0.05) is 45.7 Å². The molecule has 0 nitrogen and oxygen atoms in total. The maximum Gasteiger partial charge on any atom is 0.124 e. The van der Waals surface area contributed by atoms with Crippen LogP contribution in [-0.4, -0.2) is 0 Å². The molecule has 0 bridgehead atoms. The standard InChI is InChI=1S/C14H10BrClF2/c15-13(7-9-2-1-3-10(17)6-9)12-5-4-11(18)8-14(12)16/h1-6,8,13H,7H2. The zero-order valence-electron chi connectivity index (χ0n) is 9.34. The van der Waals surface area contributed by atoms with Crippen LogP contribution >= 0.6 is 27.5 Å². The summed E-state index contributed by atoms with van der Waals surface area (Å²) in [5.41, 5.74) is 1.65. The molecular weight excluding hydrogens is 322 g/mol. The van der Waals surface area contributed by atoms with E-state index in [-0.39, 0.29) is 16.5 Å². The van der Waals surface area contributed by atoms with Gasteiger partial charge in [-0.2, -0.15) is 0 Å². The van der Waals surface area contributed by atoms with E-state index in [2.05, 4.69) is 15.9 Å². The van der Waals surface area contributed by atoms with E-state index >= 15 is 0 Å². The lowest BCUT2D eigenvalue weighted by Crippen LogP contribution is -1.97. The molecule has 0 aliphatic rings. The maximum atomic E-state index is 13.1. The molecule has 0 fully saturated rings. The first-order chi connectivity index (χ1) is 8.56. The molecule has 0 aromatic heterocycles. The fourth-order valence-electron chi connectivity index (χ4n) is 1.74. The molecule has 0 N–H and O–H groups in total. The SMILES string of the molecule is Fc1cccc(CC(Br)c2ccc(F)cc2Cl)c1. The number of rotatable bonds is 3. The van der Waals surface area contributed by atoms with E-state index in [1.807, 2.05) is 6.07 Å². The molecule has 0 heterocycles. The Balaban J connectivity index is 2.19. The van der Waals surface area contributed by atoms with Crippen LogP contribution in [0, 0.1) is 11.6 Å². The van der Waals surface area contributed by atoms with Crippen molar-refractivity contribution >= 4 is 27.5 Å². The fraction of sp³-hybridized carbons (Fsp3) is 0.143. The van der Waals surface area contributed by atoms with Crippen molar-refractivity contribution in [1.29, 1.82) is 0 Å². The Labute approximate surface area is 118 Å². The highest BCUT2D eigenvalue weighted by atomic mass is 79.9. The average Bonchev–Trinajstić information content (AvgIpc) is 2.28. The topological polar surface area (TPSA) is 0 Å². The molecule has 0 spiro atoms. The minimum Gasteiger partial charge on any atom is -0.207 e. The lowest BCUT2D eigenvalue weighted by molar-refractivity contribution is 0.625. The lowest BCUT2D eigenvalue weighted by atomic mass is 10.0. The van der Waals surface area contributed by atoms with E-state index < -0.39 is 0 Å². The van der Waals surface area contributed by atoms with Gasteiger partial charge in [-0.3, -0.25) is 0 Å². The summed E-state index contributed by atoms with van der Waals surface area (Å²) in [5.74, 6) is -0.633.